The molecular weight excluding hydrogens is 266 g/mol. The average Bonchev–Trinajstić information content (AvgIpc) is 3.04. The van der Waals surface area contributed by atoms with Gasteiger partial charge in [0.05, 0.1) is 5.69 Å². The van der Waals surface area contributed by atoms with Crippen LogP contribution in [0, 0.1) is 5.92 Å². The van der Waals surface area contributed by atoms with Crippen molar-refractivity contribution in [2.75, 3.05) is 25.0 Å². The first-order chi connectivity index (χ1) is 9.61. The van der Waals surface area contributed by atoms with Crippen LogP contribution in [-0.2, 0) is 6.54 Å². The summed E-state index contributed by atoms with van der Waals surface area (Å²) in [4.78, 5) is 8.70. The van der Waals surface area contributed by atoms with Gasteiger partial charge in [-0.3, -0.25) is 0 Å². The number of aromatic nitrogens is 1. The molecule has 1 N–H and O–H groups in total. The van der Waals surface area contributed by atoms with Crippen molar-refractivity contribution in [1.29, 1.82) is 0 Å². The van der Waals surface area contributed by atoms with Gasteiger partial charge in [0, 0.05) is 25.0 Å². The highest BCUT2D eigenvalue weighted by Crippen LogP contribution is 2.32. The van der Waals surface area contributed by atoms with Gasteiger partial charge in [-0.1, -0.05) is 33.6 Å². The molecule has 1 saturated carbocycles. The van der Waals surface area contributed by atoms with Gasteiger partial charge in [0.1, 0.15) is 0 Å². The van der Waals surface area contributed by atoms with E-state index in [2.05, 4.69) is 38.0 Å². The number of hydrogen-bond donors (Lipinski definition) is 1. The fraction of sp³-hybridized carbons (Fsp3) is 0.812. The van der Waals surface area contributed by atoms with Gasteiger partial charge in [-0.2, -0.15) is 0 Å². The van der Waals surface area contributed by atoms with Gasteiger partial charge < -0.3 is 10.2 Å². The Balaban J connectivity index is 2.05. The summed E-state index contributed by atoms with van der Waals surface area (Å²) in [5.74, 6) is 1.39. The van der Waals surface area contributed by atoms with E-state index in [-0.39, 0.29) is 0 Å². The molecular formula is C16H29N3S. The molecule has 0 spiro atoms. The molecule has 0 saturated heterocycles. The molecule has 1 aromatic rings. The number of nitrogens with one attached hydrogen (secondary N) is 1. The van der Waals surface area contributed by atoms with Crippen molar-refractivity contribution in [3.63, 3.8) is 0 Å². The standard InChI is InChI=1S/C16H29N3S/c1-5-17-10-14-15(12(2)3)18-16(20-14)19(4)11-13-8-6-7-9-13/h12-13,17H,5-11H2,1-4H3. The van der Waals surface area contributed by atoms with Gasteiger partial charge in [-0.15, -0.1) is 11.3 Å². The fourth-order valence-corrected chi connectivity index (χ4v) is 4.14. The maximum Gasteiger partial charge on any atom is 0.185 e. The summed E-state index contributed by atoms with van der Waals surface area (Å²) < 4.78 is 0. The van der Waals surface area contributed by atoms with Crippen LogP contribution in [0.25, 0.3) is 0 Å². The van der Waals surface area contributed by atoms with Crippen LogP contribution in [0.2, 0.25) is 0 Å². The van der Waals surface area contributed by atoms with Gasteiger partial charge in [-0.05, 0) is 31.2 Å². The van der Waals surface area contributed by atoms with Crippen molar-refractivity contribution >= 4 is 16.5 Å². The molecule has 0 aliphatic heterocycles. The lowest BCUT2D eigenvalue weighted by Crippen LogP contribution is -2.23. The first-order valence-electron chi connectivity index (χ1n) is 8.03. The van der Waals surface area contributed by atoms with Crippen molar-refractivity contribution in [3.8, 4) is 0 Å². The second kappa shape index (κ2) is 7.41. The first-order valence-corrected chi connectivity index (χ1v) is 8.84. The minimum absolute atomic E-state index is 0.508. The van der Waals surface area contributed by atoms with Crippen molar-refractivity contribution in [2.24, 2.45) is 5.92 Å². The zero-order chi connectivity index (χ0) is 14.5. The summed E-state index contributed by atoms with van der Waals surface area (Å²) in [6.45, 7) is 9.78. The summed E-state index contributed by atoms with van der Waals surface area (Å²) in [5, 5.41) is 4.64. The summed E-state index contributed by atoms with van der Waals surface area (Å²) in [7, 11) is 2.21. The van der Waals surface area contributed by atoms with E-state index >= 15 is 0 Å². The minimum Gasteiger partial charge on any atom is -0.351 e. The van der Waals surface area contributed by atoms with E-state index in [4.69, 9.17) is 4.98 Å². The molecule has 114 valence electrons. The van der Waals surface area contributed by atoms with Crippen molar-refractivity contribution in [3.05, 3.63) is 10.6 Å². The topological polar surface area (TPSA) is 28.2 Å². The van der Waals surface area contributed by atoms with E-state index in [1.807, 2.05) is 11.3 Å². The number of rotatable bonds is 7. The Bertz CT molecular complexity index is 408. The lowest BCUT2D eigenvalue weighted by Gasteiger charge is -2.20. The molecule has 0 atom stereocenters. The van der Waals surface area contributed by atoms with E-state index in [0.29, 0.717) is 5.92 Å². The van der Waals surface area contributed by atoms with Gasteiger partial charge >= 0.3 is 0 Å². The minimum atomic E-state index is 0.508. The zero-order valence-electron chi connectivity index (χ0n) is 13.4. The van der Waals surface area contributed by atoms with E-state index in [1.165, 1.54) is 47.9 Å². The second-order valence-electron chi connectivity index (χ2n) is 6.27. The van der Waals surface area contributed by atoms with Crippen LogP contribution in [0.15, 0.2) is 0 Å². The highest BCUT2D eigenvalue weighted by atomic mass is 32.1. The van der Waals surface area contributed by atoms with Crippen molar-refractivity contribution in [2.45, 2.75) is 58.9 Å². The Morgan fingerprint density at radius 3 is 2.65 bits per heavy atom. The van der Waals surface area contributed by atoms with Crippen LogP contribution < -0.4 is 10.2 Å². The van der Waals surface area contributed by atoms with Crippen LogP contribution >= 0.6 is 11.3 Å². The maximum atomic E-state index is 4.91. The van der Waals surface area contributed by atoms with E-state index in [1.54, 1.807) is 0 Å². The quantitative estimate of drug-likeness (QED) is 0.824. The SMILES string of the molecule is CCNCc1sc(N(C)CC2CCCC2)nc1C(C)C. The Labute approximate surface area is 127 Å². The maximum absolute atomic E-state index is 4.91. The average molecular weight is 295 g/mol. The van der Waals surface area contributed by atoms with Gasteiger partial charge in [0.25, 0.3) is 0 Å². The van der Waals surface area contributed by atoms with Gasteiger partial charge in [-0.25, -0.2) is 4.98 Å². The summed E-state index contributed by atoms with van der Waals surface area (Å²) in [6.07, 6.45) is 5.63. The monoisotopic (exact) mass is 295 g/mol. The molecule has 1 aromatic heterocycles. The Kier molecular flexibility index (Phi) is 5.85. The van der Waals surface area contributed by atoms with Crippen LogP contribution in [0.1, 0.15) is 62.9 Å². The third kappa shape index (κ3) is 3.95. The predicted octanol–water partition coefficient (Wildman–Crippen LogP) is 4.00. The van der Waals surface area contributed by atoms with Crippen LogP contribution in [0.4, 0.5) is 5.13 Å². The van der Waals surface area contributed by atoms with Gasteiger partial charge in [0.2, 0.25) is 0 Å². The summed E-state index contributed by atoms with van der Waals surface area (Å²) in [6, 6.07) is 0. The van der Waals surface area contributed by atoms with Crippen LogP contribution in [-0.4, -0.2) is 25.1 Å². The normalized spacial score (nSPS) is 16.2. The molecule has 1 aliphatic rings. The molecule has 0 amide bonds. The zero-order valence-corrected chi connectivity index (χ0v) is 14.2. The smallest absolute Gasteiger partial charge is 0.185 e. The Morgan fingerprint density at radius 2 is 2.05 bits per heavy atom. The molecule has 0 radical (unpaired) electrons. The largest absolute Gasteiger partial charge is 0.351 e. The third-order valence-electron chi connectivity index (χ3n) is 4.13. The molecule has 0 bridgehead atoms. The summed E-state index contributed by atoms with van der Waals surface area (Å²) in [5.41, 5.74) is 1.28. The van der Waals surface area contributed by atoms with Crippen LogP contribution in [0.3, 0.4) is 0 Å². The van der Waals surface area contributed by atoms with E-state index in [0.717, 1.165) is 19.0 Å². The number of anilines is 1. The number of nitrogens with zero attached hydrogens (tertiary/aromatic N) is 2. The Hall–Kier alpha value is -0.610. The molecule has 0 aromatic carbocycles. The highest BCUT2D eigenvalue weighted by Gasteiger charge is 2.20. The predicted molar refractivity (Wildman–Crippen MR) is 88.8 cm³/mol. The number of hydrogen-bond acceptors (Lipinski definition) is 4. The van der Waals surface area contributed by atoms with Crippen molar-refractivity contribution in [1.82, 2.24) is 10.3 Å². The fourth-order valence-electron chi connectivity index (χ4n) is 2.99. The molecule has 0 unspecified atom stereocenters. The van der Waals surface area contributed by atoms with E-state index in [9.17, 15) is 0 Å². The first kappa shape index (κ1) is 15.8. The molecule has 20 heavy (non-hydrogen) atoms. The molecule has 2 rings (SSSR count). The lowest BCUT2D eigenvalue weighted by molar-refractivity contribution is 0.546. The second-order valence-corrected chi connectivity index (χ2v) is 7.33. The van der Waals surface area contributed by atoms with Crippen molar-refractivity contribution < 1.29 is 0 Å². The van der Waals surface area contributed by atoms with E-state index < -0.39 is 0 Å². The molecule has 4 heteroatoms. The lowest BCUT2D eigenvalue weighted by atomic mass is 10.1. The molecule has 3 nitrogen and oxygen atoms in total. The van der Waals surface area contributed by atoms with Crippen LogP contribution in [0.5, 0.6) is 0 Å². The highest BCUT2D eigenvalue weighted by molar-refractivity contribution is 7.15. The third-order valence-corrected chi connectivity index (χ3v) is 5.32. The Morgan fingerprint density at radius 1 is 1.35 bits per heavy atom. The number of thiazole rings is 1. The summed E-state index contributed by atoms with van der Waals surface area (Å²) >= 11 is 1.87. The van der Waals surface area contributed by atoms with Gasteiger partial charge in [0.15, 0.2) is 5.13 Å². The molecule has 1 fully saturated rings. The molecule has 1 heterocycles. The molecule has 1 aliphatic carbocycles.